The molecule has 0 saturated heterocycles. The van der Waals surface area contributed by atoms with Crippen LogP contribution in [0.25, 0.3) is 22.5 Å². The van der Waals surface area contributed by atoms with Crippen LogP contribution in [0.5, 0.6) is 0 Å². The Labute approximate surface area is 198 Å². The van der Waals surface area contributed by atoms with Crippen molar-refractivity contribution in [1.82, 2.24) is 24.4 Å². The molecule has 34 heavy (non-hydrogen) atoms. The minimum atomic E-state index is -0.308. The standard InChI is InChI=1S/C25H27N9/c1-29-10-4-20(28)21-15-33-22(5-11-30-33)23(32-21)19-13-31-34(14-19)25(8-9-26)16-24(17-25)6-2-18(12-27)3-7-24/h4-5,10-11,13-15,18H,2-3,6-8,16-17,28H2,1H3. The Balaban J connectivity index is 1.47. The summed E-state index contributed by atoms with van der Waals surface area (Å²) >= 11 is 0. The zero-order chi connectivity index (χ0) is 23.8. The molecule has 0 radical (unpaired) electrons. The number of aliphatic imine (C=N–C) groups is 1. The molecular formula is C25H27N9. The topological polar surface area (TPSA) is 134 Å². The van der Waals surface area contributed by atoms with Crippen LogP contribution in [0.4, 0.5) is 0 Å². The molecule has 5 rings (SSSR count). The van der Waals surface area contributed by atoms with Crippen LogP contribution in [0.15, 0.2) is 41.9 Å². The largest absolute Gasteiger partial charge is 0.397 e. The van der Waals surface area contributed by atoms with Crippen molar-refractivity contribution in [2.45, 2.75) is 50.5 Å². The average molecular weight is 454 g/mol. The van der Waals surface area contributed by atoms with Crippen molar-refractivity contribution in [2.75, 3.05) is 7.05 Å². The number of hydrogen-bond donors (Lipinski definition) is 1. The summed E-state index contributed by atoms with van der Waals surface area (Å²) in [6, 6.07) is 6.72. The average Bonchev–Trinajstić information content (AvgIpc) is 3.51. The van der Waals surface area contributed by atoms with Gasteiger partial charge >= 0.3 is 0 Å². The Morgan fingerprint density at radius 1 is 1.26 bits per heavy atom. The van der Waals surface area contributed by atoms with Gasteiger partial charge in [-0.05, 0) is 56.1 Å². The molecule has 0 bridgehead atoms. The van der Waals surface area contributed by atoms with E-state index < -0.39 is 0 Å². The van der Waals surface area contributed by atoms with Crippen LogP contribution in [0.2, 0.25) is 0 Å². The van der Waals surface area contributed by atoms with E-state index in [0.717, 1.165) is 55.3 Å². The first-order valence-corrected chi connectivity index (χ1v) is 11.6. The highest BCUT2D eigenvalue weighted by Gasteiger charge is 2.56. The minimum Gasteiger partial charge on any atom is -0.397 e. The van der Waals surface area contributed by atoms with E-state index in [9.17, 15) is 10.5 Å². The highest BCUT2D eigenvalue weighted by molar-refractivity contribution is 5.84. The van der Waals surface area contributed by atoms with E-state index >= 15 is 0 Å². The third kappa shape index (κ3) is 3.63. The third-order valence-electron chi connectivity index (χ3n) is 7.48. The second kappa shape index (κ2) is 8.42. The van der Waals surface area contributed by atoms with Crippen molar-refractivity contribution in [3.05, 3.63) is 42.6 Å². The van der Waals surface area contributed by atoms with Gasteiger partial charge in [0.1, 0.15) is 5.69 Å². The summed E-state index contributed by atoms with van der Waals surface area (Å²) in [5, 5.41) is 27.9. The van der Waals surface area contributed by atoms with Gasteiger partial charge in [-0.3, -0.25) is 9.67 Å². The van der Waals surface area contributed by atoms with Crippen LogP contribution in [0, 0.1) is 34.0 Å². The van der Waals surface area contributed by atoms with Crippen LogP contribution in [-0.2, 0) is 5.54 Å². The Hall–Kier alpha value is -3.98. The van der Waals surface area contributed by atoms with Crippen molar-refractivity contribution in [2.24, 2.45) is 22.1 Å². The van der Waals surface area contributed by atoms with Gasteiger partial charge in [0, 0.05) is 30.9 Å². The smallest absolute Gasteiger partial charge is 0.105 e. The predicted octanol–water partition coefficient (Wildman–Crippen LogP) is 3.70. The van der Waals surface area contributed by atoms with Crippen LogP contribution in [-0.4, -0.2) is 37.6 Å². The first kappa shape index (κ1) is 21.8. The van der Waals surface area contributed by atoms with Crippen molar-refractivity contribution >= 4 is 17.4 Å². The molecule has 2 saturated carbocycles. The molecule has 0 aromatic carbocycles. The van der Waals surface area contributed by atoms with Crippen molar-refractivity contribution < 1.29 is 0 Å². The van der Waals surface area contributed by atoms with Crippen LogP contribution < -0.4 is 5.73 Å². The molecule has 0 amide bonds. The molecule has 9 nitrogen and oxygen atoms in total. The van der Waals surface area contributed by atoms with E-state index in [0.29, 0.717) is 17.8 Å². The number of aromatic nitrogens is 5. The molecule has 1 spiro atoms. The predicted molar refractivity (Wildman–Crippen MR) is 128 cm³/mol. The number of nitrogens with two attached hydrogens (primary N) is 1. The monoisotopic (exact) mass is 453 g/mol. The molecule has 2 fully saturated rings. The lowest BCUT2D eigenvalue weighted by atomic mass is 9.50. The lowest BCUT2D eigenvalue weighted by molar-refractivity contribution is -0.0646. The molecule has 2 aliphatic carbocycles. The molecule has 0 atom stereocenters. The number of nitriles is 2. The van der Waals surface area contributed by atoms with Gasteiger partial charge in [0.2, 0.25) is 0 Å². The van der Waals surface area contributed by atoms with Gasteiger partial charge in [-0.1, -0.05) is 0 Å². The maximum Gasteiger partial charge on any atom is 0.105 e. The maximum absolute atomic E-state index is 9.61. The Morgan fingerprint density at radius 3 is 2.76 bits per heavy atom. The molecule has 2 N–H and O–H groups in total. The second-order valence-electron chi connectivity index (χ2n) is 9.65. The van der Waals surface area contributed by atoms with Crippen LogP contribution in [0.1, 0.15) is 50.6 Å². The first-order chi connectivity index (χ1) is 16.5. The highest BCUT2D eigenvalue weighted by atomic mass is 15.3. The van der Waals surface area contributed by atoms with Crippen molar-refractivity contribution in [3.63, 3.8) is 0 Å². The zero-order valence-electron chi connectivity index (χ0n) is 19.2. The number of nitrogens with zero attached hydrogens (tertiary/aromatic N) is 8. The SMILES string of the molecule is CN=CC=C(N)c1cn2nccc2c(-c2cnn(C3(CC#N)CC4(CCC(C#N)CC4)C3)c2)n1. The molecule has 3 aromatic heterocycles. The number of allylic oxidation sites excluding steroid dienone is 1. The Kier molecular flexibility index (Phi) is 5.41. The minimum absolute atomic E-state index is 0.175. The van der Waals surface area contributed by atoms with E-state index in [2.05, 4.69) is 22.2 Å². The van der Waals surface area contributed by atoms with E-state index in [1.165, 1.54) is 0 Å². The van der Waals surface area contributed by atoms with Crippen molar-refractivity contribution in [1.29, 1.82) is 10.5 Å². The van der Waals surface area contributed by atoms with Gasteiger partial charge in [-0.15, -0.1) is 0 Å². The summed E-state index contributed by atoms with van der Waals surface area (Å²) in [6.07, 6.45) is 17.0. The molecule has 3 heterocycles. The van der Waals surface area contributed by atoms with Gasteiger partial charge in [0.05, 0.1) is 59.6 Å². The summed E-state index contributed by atoms with van der Waals surface area (Å²) in [6.45, 7) is 0. The van der Waals surface area contributed by atoms with E-state index in [1.54, 1.807) is 36.2 Å². The summed E-state index contributed by atoms with van der Waals surface area (Å²) in [4.78, 5) is 8.77. The Morgan fingerprint density at radius 2 is 2.06 bits per heavy atom. The van der Waals surface area contributed by atoms with Crippen LogP contribution >= 0.6 is 0 Å². The van der Waals surface area contributed by atoms with Crippen molar-refractivity contribution in [3.8, 4) is 23.4 Å². The molecule has 9 heteroatoms. The normalized spacial score (nSPS) is 27.0. The molecular weight excluding hydrogens is 426 g/mol. The molecule has 3 aromatic rings. The summed E-state index contributed by atoms with van der Waals surface area (Å²) in [5.74, 6) is 0.175. The molecule has 172 valence electrons. The highest BCUT2D eigenvalue weighted by Crippen LogP contribution is 2.61. The van der Waals surface area contributed by atoms with Gasteiger partial charge in [0.25, 0.3) is 0 Å². The van der Waals surface area contributed by atoms with Gasteiger partial charge < -0.3 is 5.73 Å². The quantitative estimate of drug-likeness (QED) is 0.586. The van der Waals surface area contributed by atoms with E-state index in [4.69, 9.17) is 15.8 Å². The van der Waals surface area contributed by atoms with Gasteiger partial charge in [0.15, 0.2) is 0 Å². The summed E-state index contributed by atoms with van der Waals surface area (Å²) < 4.78 is 3.73. The fourth-order valence-corrected chi connectivity index (χ4v) is 5.80. The maximum atomic E-state index is 9.61. The van der Waals surface area contributed by atoms with E-state index in [1.807, 2.05) is 23.1 Å². The Bertz CT molecular complexity index is 1340. The van der Waals surface area contributed by atoms with Gasteiger partial charge in [-0.2, -0.15) is 20.7 Å². The molecule has 0 aliphatic heterocycles. The summed E-state index contributed by atoms with van der Waals surface area (Å²) in [7, 11) is 1.69. The second-order valence-corrected chi connectivity index (χ2v) is 9.65. The number of rotatable bonds is 5. The lowest BCUT2D eigenvalue weighted by Crippen LogP contribution is -2.54. The molecule has 0 unspecified atom stereocenters. The van der Waals surface area contributed by atoms with Gasteiger partial charge in [-0.25, -0.2) is 9.50 Å². The summed E-state index contributed by atoms with van der Waals surface area (Å²) in [5.41, 5.74) is 9.68. The zero-order valence-corrected chi connectivity index (χ0v) is 19.2. The molecule has 2 aliphatic rings. The fraction of sp³-hybridized carbons (Fsp3) is 0.440. The number of hydrogen-bond acceptors (Lipinski definition) is 7. The third-order valence-corrected chi connectivity index (χ3v) is 7.48. The first-order valence-electron chi connectivity index (χ1n) is 11.6. The fourth-order valence-electron chi connectivity index (χ4n) is 5.80. The van der Waals surface area contributed by atoms with E-state index in [-0.39, 0.29) is 16.9 Å². The lowest BCUT2D eigenvalue weighted by Gasteiger charge is -2.57. The van der Waals surface area contributed by atoms with Crippen LogP contribution in [0.3, 0.4) is 0 Å². The number of fused-ring (bicyclic) bond motifs is 1.